The Hall–Kier alpha value is -3.47. The van der Waals surface area contributed by atoms with Gasteiger partial charge < -0.3 is 10.1 Å². The maximum atomic E-state index is 13.2. The smallest absolute Gasteiger partial charge is 0.417 e. The molecule has 0 spiro atoms. The molecule has 0 aliphatic heterocycles. The van der Waals surface area contributed by atoms with E-state index in [4.69, 9.17) is 16.3 Å². The summed E-state index contributed by atoms with van der Waals surface area (Å²) < 4.78 is 57.9. The maximum absolute atomic E-state index is 13.2. The number of esters is 1. The number of hydrogen-bond acceptors (Lipinski definition) is 5. The van der Waals surface area contributed by atoms with E-state index in [0.717, 1.165) is 12.1 Å². The molecule has 4 rings (SSSR count). The largest absolute Gasteiger partial charge is 0.451 e. The summed E-state index contributed by atoms with van der Waals surface area (Å²) in [4.78, 5) is 28.2. The molecule has 7 nitrogen and oxygen atoms in total. The van der Waals surface area contributed by atoms with E-state index >= 15 is 0 Å². The van der Waals surface area contributed by atoms with Crippen LogP contribution in [0.15, 0.2) is 36.5 Å². The zero-order valence-electron chi connectivity index (χ0n) is 16.7. The first kappa shape index (κ1) is 22.7. The summed E-state index contributed by atoms with van der Waals surface area (Å²) in [7, 11) is 0. The van der Waals surface area contributed by atoms with Crippen LogP contribution in [-0.2, 0) is 28.5 Å². The summed E-state index contributed by atoms with van der Waals surface area (Å²) in [5, 5.41) is 6.07. The molecule has 3 aromatic rings. The molecule has 172 valence electrons. The van der Waals surface area contributed by atoms with Crippen LogP contribution in [0.25, 0.3) is 5.69 Å². The molecule has 1 aliphatic rings. The van der Waals surface area contributed by atoms with Gasteiger partial charge in [-0.25, -0.2) is 18.9 Å². The predicted molar refractivity (Wildman–Crippen MR) is 109 cm³/mol. The molecular weight excluding hydrogens is 468 g/mol. The molecule has 1 amide bonds. The van der Waals surface area contributed by atoms with Crippen molar-refractivity contribution in [3.8, 4) is 5.69 Å². The zero-order valence-corrected chi connectivity index (χ0v) is 17.5. The number of benzene rings is 1. The highest BCUT2D eigenvalue weighted by Crippen LogP contribution is 2.32. The van der Waals surface area contributed by atoms with Crippen LogP contribution >= 0.6 is 11.6 Å². The van der Waals surface area contributed by atoms with Gasteiger partial charge >= 0.3 is 12.1 Å². The molecule has 0 saturated heterocycles. The average molecular weight is 483 g/mol. The lowest BCUT2D eigenvalue weighted by Gasteiger charge is -2.10. The van der Waals surface area contributed by atoms with Crippen molar-refractivity contribution in [3.63, 3.8) is 0 Å². The molecule has 0 radical (unpaired) electrons. The molecule has 1 aliphatic carbocycles. The maximum Gasteiger partial charge on any atom is 0.417 e. The van der Waals surface area contributed by atoms with Crippen molar-refractivity contribution >= 4 is 29.3 Å². The number of carbonyl (C=O) groups is 2. The second-order valence-corrected chi connectivity index (χ2v) is 7.60. The number of halogens is 5. The SMILES string of the molecule is O=C(COC(=O)c1nn(-c2ccc(F)cc2)c2c1CCC2)Nc1ncc(C(F)(F)F)cc1Cl. The van der Waals surface area contributed by atoms with Crippen molar-refractivity contribution < 1.29 is 31.9 Å². The van der Waals surface area contributed by atoms with Crippen molar-refractivity contribution in [1.82, 2.24) is 14.8 Å². The highest BCUT2D eigenvalue weighted by atomic mass is 35.5. The van der Waals surface area contributed by atoms with Gasteiger partial charge in [0.05, 0.1) is 16.3 Å². The number of nitrogens with zero attached hydrogens (tertiary/aromatic N) is 3. The van der Waals surface area contributed by atoms with E-state index in [1.54, 1.807) is 4.68 Å². The van der Waals surface area contributed by atoms with Crippen molar-refractivity contribution in [1.29, 1.82) is 0 Å². The van der Waals surface area contributed by atoms with Crippen LogP contribution < -0.4 is 5.32 Å². The lowest BCUT2D eigenvalue weighted by Crippen LogP contribution is -2.22. The first-order chi connectivity index (χ1) is 15.6. The fraction of sp³-hybridized carbons (Fsp3) is 0.238. The number of ether oxygens (including phenoxy) is 1. The van der Waals surface area contributed by atoms with Gasteiger partial charge in [-0.05, 0) is 49.6 Å². The van der Waals surface area contributed by atoms with E-state index in [-0.39, 0.29) is 11.5 Å². The second-order valence-electron chi connectivity index (χ2n) is 7.19. The lowest BCUT2D eigenvalue weighted by atomic mass is 10.2. The van der Waals surface area contributed by atoms with Gasteiger partial charge in [-0.3, -0.25) is 4.79 Å². The van der Waals surface area contributed by atoms with E-state index in [0.29, 0.717) is 36.4 Å². The number of carbonyl (C=O) groups excluding carboxylic acids is 2. The van der Waals surface area contributed by atoms with E-state index in [9.17, 15) is 27.2 Å². The number of anilines is 1. The van der Waals surface area contributed by atoms with Crippen LogP contribution in [0.4, 0.5) is 23.4 Å². The molecule has 0 unspecified atom stereocenters. The van der Waals surface area contributed by atoms with Crippen LogP contribution in [-0.4, -0.2) is 33.2 Å². The second kappa shape index (κ2) is 8.81. The van der Waals surface area contributed by atoms with E-state index in [1.165, 1.54) is 24.3 Å². The Kier molecular flexibility index (Phi) is 6.07. The molecule has 2 aromatic heterocycles. The fourth-order valence-corrected chi connectivity index (χ4v) is 3.66. The van der Waals surface area contributed by atoms with Crippen LogP contribution in [0.3, 0.4) is 0 Å². The summed E-state index contributed by atoms with van der Waals surface area (Å²) in [5.74, 6) is -2.38. The Balaban J connectivity index is 1.44. The van der Waals surface area contributed by atoms with Gasteiger partial charge in [-0.15, -0.1) is 0 Å². The Morgan fingerprint density at radius 3 is 2.58 bits per heavy atom. The van der Waals surface area contributed by atoms with Crippen LogP contribution in [0.5, 0.6) is 0 Å². The summed E-state index contributed by atoms with van der Waals surface area (Å²) in [6, 6.07) is 6.25. The molecule has 0 fully saturated rings. The first-order valence-corrected chi connectivity index (χ1v) is 10.1. The van der Waals surface area contributed by atoms with Crippen molar-refractivity contribution in [2.45, 2.75) is 25.4 Å². The molecule has 12 heteroatoms. The molecule has 0 saturated carbocycles. The summed E-state index contributed by atoms with van der Waals surface area (Å²) in [5.41, 5.74) is 1.05. The molecule has 0 bridgehead atoms. The van der Waals surface area contributed by atoms with E-state index in [1.807, 2.05) is 0 Å². The average Bonchev–Trinajstić information content (AvgIpc) is 3.36. The minimum atomic E-state index is -4.63. The Morgan fingerprint density at radius 1 is 1.18 bits per heavy atom. The number of nitrogens with one attached hydrogen (secondary N) is 1. The van der Waals surface area contributed by atoms with Gasteiger partial charge in [-0.1, -0.05) is 11.6 Å². The number of fused-ring (bicyclic) bond motifs is 1. The van der Waals surface area contributed by atoms with Crippen molar-refractivity contribution in [2.24, 2.45) is 0 Å². The molecule has 0 atom stereocenters. The van der Waals surface area contributed by atoms with Gasteiger partial charge in [-0.2, -0.15) is 18.3 Å². The molecule has 1 aromatic carbocycles. The Labute approximate surface area is 189 Å². The van der Waals surface area contributed by atoms with Crippen LogP contribution in [0.1, 0.15) is 33.7 Å². The quantitative estimate of drug-likeness (QED) is 0.431. The number of rotatable bonds is 5. The standard InChI is InChI=1S/C21H15ClF4N4O3/c22-15-8-11(21(24,25)26)9-27-19(15)28-17(31)10-33-20(32)18-14-2-1-3-16(14)30(29-18)13-6-4-12(23)5-7-13/h4-9H,1-3,10H2,(H,27,28,31). The van der Waals surface area contributed by atoms with Gasteiger partial charge in [0.1, 0.15) is 5.82 Å². The Bertz CT molecular complexity index is 1230. The third kappa shape index (κ3) is 4.82. The van der Waals surface area contributed by atoms with Crippen molar-refractivity contribution in [2.75, 3.05) is 11.9 Å². The minimum absolute atomic E-state index is 0.0466. The molecule has 33 heavy (non-hydrogen) atoms. The minimum Gasteiger partial charge on any atom is -0.451 e. The number of aromatic nitrogens is 3. The number of alkyl halides is 3. The summed E-state index contributed by atoms with van der Waals surface area (Å²) in [6.07, 6.45) is -2.04. The molecular formula is C21H15ClF4N4O3. The fourth-order valence-electron chi connectivity index (χ4n) is 3.45. The van der Waals surface area contributed by atoms with E-state index < -0.39 is 41.1 Å². The highest BCUT2D eigenvalue weighted by Gasteiger charge is 2.32. The monoisotopic (exact) mass is 482 g/mol. The normalized spacial score (nSPS) is 13.0. The lowest BCUT2D eigenvalue weighted by molar-refractivity contribution is -0.137. The Morgan fingerprint density at radius 2 is 1.91 bits per heavy atom. The van der Waals surface area contributed by atoms with Crippen LogP contribution in [0.2, 0.25) is 5.02 Å². The summed E-state index contributed by atoms with van der Waals surface area (Å²) in [6.45, 7) is -0.726. The topological polar surface area (TPSA) is 86.1 Å². The van der Waals surface area contributed by atoms with E-state index in [2.05, 4.69) is 15.4 Å². The van der Waals surface area contributed by atoms with Gasteiger partial charge in [0.25, 0.3) is 5.91 Å². The first-order valence-electron chi connectivity index (χ1n) is 9.70. The molecule has 2 heterocycles. The predicted octanol–water partition coefficient (Wildman–Crippen LogP) is 4.36. The van der Waals surface area contributed by atoms with Gasteiger partial charge in [0, 0.05) is 17.5 Å². The summed E-state index contributed by atoms with van der Waals surface area (Å²) >= 11 is 5.75. The number of pyridine rings is 1. The molecule has 1 N–H and O–H groups in total. The highest BCUT2D eigenvalue weighted by molar-refractivity contribution is 6.33. The number of amides is 1. The zero-order chi connectivity index (χ0) is 23.8. The van der Waals surface area contributed by atoms with Gasteiger partial charge in [0.2, 0.25) is 0 Å². The van der Waals surface area contributed by atoms with Crippen molar-refractivity contribution in [3.05, 3.63) is 69.9 Å². The number of hydrogen-bond donors (Lipinski definition) is 1. The van der Waals surface area contributed by atoms with Crippen LogP contribution in [0, 0.1) is 5.82 Å². The third-order valence-electron chi connectivity index (χ3n) is 4.96. The third-order valence-corrected chi connectivity index (χ3v) is 5.24. The van der Waals surface area contributed by atoms with Gasteiger partial charge in [0.15, 0.2) is 18.1 Å².